The van der Waals surface area contributed by atoms with Crippen LogP contribution >= 0.6 is 0 Å². The second kappa shape index (κ2) is 12.6. The Morgan fingerprint density at radius 3 is 2.16 bits per heavy atom. The number of carbonyl (C=O) groups excluding carboxylic acids is 2. The summed E-state index contributed by atoms with van der Waals surface area (Å²) in [7, 11) is -2.23. The Bertz CT molecular complexity index is 1920. The molecule has 0 heterocycles. The molecule has 10 heteroatoms. The summed E-state index contributed by atoms with van der Waals surface area (Å²) in [5.74, 6) is -0.192. The number of carbonyl (C=O) groups is 2. The van der Waals surface area contributed by atoms with E-state index in [2.05, 4.69) is 15.2 Å². The standard InChI is InChI=1S/C33H27N3O6S/c1-22-7-18-28(19-8-22)43(39,40)36-26-14-9-24(10-15-26)32(37)35-34-21-30-29-6-4-3-5-23(29)13-20-31(30)42-33(38)25-11-16-27(41-2)17-12-25/h3-21,36H,1-2H3,(H,35,37)/b34-21+. The molecule has 2 N–H and O–H groups in total. The van der Waals surface area contributed by atoms with Crippen molar-refractivity contribution in [3.63, 3.8) is 0 Å². The number of hydrogen-bond donors (Lipinski definition) is 2. The van der Waals surface area contributed by atoms with Crippen LogP contribution in [0, 0.1) is 6.92 Å². The first-order valence-electron chi connectivity index (χ1n) is 13.1. The summed E-state index contributed by atoms with van der Waals surface area (Å²) >= 11 is 0. The molecule has 0 radical (unpaired) electrons. The van der Waals surface area contributed by atoms with Crippen LogP contribution in [0.3, 0.4) is 0 Å². The molecule has 0 atom stereocenters. The molecule has 5 rings (SSSR count). The van der Waals surface area contributed by atoms with Crippen LogP contribution in [-0.4, -0.2) is 33.6 Å². The zero-order valence-electron chi connectivity index (χ0n) is 23.3. The van der Waals surface area contributed by atoms with Gasteiger partial charge in [-0.15, -0.1) is 0 Å². The van der Waals surface area contributed by atoms with Gasteiger partial charge in [-0.1, -0.05) is 48.0 Å². The van der Waals surface area contributed by atoms with Crippen LogP contribution in [0.15, 0.2) is 119 Å². The summed E-state index contributed by atoms with van der Waals surface area (Å²) in [6.45, 7) is 1.87. The van der Waals surface area contributed by atoms with Gasteiger partial charge in [-0.25, -0.2) is 18.6 Å². The van der Waals surface area contributed by atoms with Crippen molar-refractivity contribution < 1.29 is 27.5 Å². The number of aryl methyl sites for hydroxylation is 1. The first kappa shape index (κ1) is 29.0. The first-order valence-corrected chi connectivity index (χ1v) is 14.6. The third-order valence-corrected chi connectivity index (χ3v) is 7.95. The number of hydrazone groups is 1. The van der Waals surface area contributed by atoms with Gasteiger partial charge in [0.1, 0.15) is 11.5 Å². The van der Waals surface area contributed by atoms with Crippen molar-refractivity contribution in [2.24, 2.45) is 5.10 Å². The third kappa shape index (κ3) is 6.88. The van der Waals surface area contributed by atoms with E-state index in [-0.39, 0.29) is 16.2 Å². The van der Waals surface area contributed by atoms with Crippen molar-refractivity contribution in [3.8, 4) is 11.5 Å². The largest absolute Gasteiger partial charge is 0.497 e. The van der Waals surface area contributed by atoms with E-state index in [0.29, 0.717) is 22.6 Å². The van der Waals surface area contributed by atoms with Gasteiger partial charge in [-0.3, -0.25) is 9.52 Å². The second-order valence-electron chi connectivity index (χ2n) is 9.51. The molecule has 43 heavy (non-hydrogen) atoms. The van der Waals surface area contributed by atoms with Gasteiger partial charge in [0.05, 0.1) is 23.8 Å². The van der Waals surface area contributed by atoms with Crippen LogP contribution in [0.2, 0.25) is 0 Å². The van der Waals surface area contributed by atoms with Crippen LogP contribution in [0.5, 0.6) is 11.5 Å². The molecule has 0 spiro atoms. The lowest BCUT2D eigenvalue weighted by Crippen LogP contribution is -2.18. The van der Waals surface area contributed by atoms with Crippen LogP contribution in [0.4, 0.5) is 5.69 Å². The van der Waals surface area contributed by atoms with Crippen molar-refractivity contribution in [1.29, 1.82) is 0 Å². The Kier molecular flexibility index (Phi) is 8.49. The van der Waals surface area contributed by atoms with Crippen LogP contribution in [0.1, 0.15) is 31.8 Å². The molecule has 0 saturated carbocycles. The highest BCUT2D eigenvalue weighted by molar-refractivity contribution is 7.92. The van der Waals surface area contributed by atoms with E-state index in [1.54, 1.807) is 49.6 Å². The van der Waals surface area contributed by atoms with Crippen LogP contribution in [-0.2, 0) is 10.0 Å². The highest BCUT2D eigenvalue weighted by Crippen LogP contribution is 2.28. The predicted molar refractivity (Wildman–Crippen MR) is 165 cm³/mol. The highest BCUT2D eigenvalue weighted by atomic mass is 32.2. The number of hydrogen-bond acceptors (Lipinski definition) is 7. The van der Waals surface area contributed by atoms with Gasteiger partial charge in [0.2, 0.25) is 0 Å². The van der Waals surface area contributed by atoms with Gasteiger partial charge >= 0.3 is 5.97 Å². The number of rotatable bonds is 9. The monoisotopic (exact) mass is 593 g/mol. The Balaban J connectivity index is 1.30. The molecule has 0 saturated heterocycles. The molecule has 5 aromatic carbocycles. The fourth-order valence-electron chi connectivity index (χ4n) is 4.22. The lowest BCUT2D eigenvalue weighted by Gasteiger charge is -2.11. The van der Waals surface area contributed by atoms with E-state index in [4.69, 9.17) is 9.47 Å². The molecule has 0 aliphatic rings. The number of methoxy groups -OCH3 is 1. The average Bonchev–Trinajstić information content (AvgIpc) is 3.02. The minimum atomic E-state index is -3.78. The van der Waals surface area contributed by atoms with Gasteiger partial charge < -0.3 is 9.47 Å². The average molecular weight is 594 g/mol. The second-order valence-corrected chi connectivity index (χ2v) is 11.2. The molecular formula is C33H27N3O6S. The maximum absolute atomic E-state index is 12.9. The molecule has 5 aromatic rings. The minimum Gasteiger partial charge on any atom is -0.497 e. The predicted octanol–water partition coefficient (Wildman–Crippen LogP) is 5.94. The number of esters is 1. The number of fused-ring (bicyclic) bond motifs is 1. The van der Waals surface area contributed by atoms with Crippen LogP contribution in [0.25, 0.3) is 10.8 Å². The zero-order chi connectivity index (χ0) is 30.4. The number of benzene rings is 5. The van der Waals surface area contributed by atoms with E-state index >= 15 is 0 Å². The Morgan fingerprint density at radius 2 is 1.47 bits per heavy atom. The fourth-order valence-corrected chi connectivity index (χ4v) is 5.28. The zero-order valence-corrected chi connectivity index (χ0v) is 24.1. The van der Waals surface area contributed by atoms with E-state index in [0.717, 1.165) is 16.3 Å². The van der Waals surface area contributed by atoms with Gasteiger partial charge in [-0.05, 0) is 84.4 Å². The van der Waals surface area contributed by atoms with Crippen molar-refractivity contribution in [2.75, 3.05) is 11.8 Å². The summed E-state index contributed by atoms with van der Waals surface area (Å²) in [4.78, 5) is 25.8. The normalized spacial score (nSPS) is 11.3. The molecule has 0 unspecified atom stereocenters. The van der Waals surface area contributed by atoms with Gasteiger partial charge in [0.15, 0.2) is 0 Å². The Labute approximate surface area is 248 Å². The summed E-state index contributed by atoms with van der Waals surface area (Å²) in [5.41, 5.74) is 4.83. The van der Waals surface area contributed by atoms with E-state index in [1.807, 2.05) is 37.3 Å². The highest BCUT2D eigenvalue weighted by Gasteiger charge is 2.16. The van der Waals surface area contributed by atoms with E-state index < -0.39 is 21.9 Å². The quantitative estimate of drug-likeness (QED) is 0.0944. The van der Waals surface area contributed by atoms with Gasteiger partial charge in [-0.2, -0.15) is 5.10 Å². The maximum Gasteiger partial charge on any atom is 0.343 e. The van der Waals surface area contributed by atoms with Crippen molar-refractivity contribution in [3.05, 3.63) is 131 Å². The SMILES string of the molecule is COc1ccc(C(=O)Oc2ccc3ccccc3c2/C=N/NC(=O)c2ccc(NS(=O)(=O)c3ccc(C)cc3)cc2)cc1. The number of nitrogens with one attached hydrogen (secondary N) is 2. The molecule has 216 valence electrons. The Hall–Kier alpha value is -5.48. The number of anilines is 1. The molecular weight excluding hydrogens is 566 g/mol. The van der Waals surface area contributed by atoms with Crippen molar-refractivity contribution >= 4 is 44.6 Å². The number of nitrogens with zero attached hydrogens (tertiary/aromatic N) is 1. The summed E-state index contributed by atoms with van der Waals surface area (Å²) in [5, 5.41) is 5.78. The lowest BCUT2D eigenvalue weighted by atomic mass is 10.0. The van der Waals surface area contributed by atoms with Gasteiger partial charge in [0.25, 0.3) is 15.9 Å². The summed E-state index contributed by atoms with van der Waals surface area (Å²) < 4.78 is 38.7. The number of ether oxygens (including phenoxy) is 2. The topological polar surface area (TPSA) is 123 Å². The minimum absolute atomic E-state index is 0.136. The molecule has 0 fully saturated rings. The van der Waals surface area contributed by atoms with Crippen molar-refractivity contribution in [2.45, 2.75) is 11.8 Å². The molecule has 0 aromatic heterocycles. The summed E-state index contributed by atoms with van der Waals surface area (Å²) in [6.07, 6.45) is 1.42. The number of amides is 1. The molecule has 0 bridgehead atoms. The van der Waals surface area contributed by atoms with Gasteiger partial charge in [0, 0.05) is 16.8 Å². The summed E-state index contributed by atoms with van der Waals surface area (Å²) in [6, 6.07) is 30.0. The fraction of sp³-hybridized carbons (Fsp3) is 0.0606. The van der Waals surface area contributed by atoms with Crippen molar-refractivity contribution in [1.82, 2.24) is 5.43 Å². The molecule has 1 amide bonds. The smallest absolute Gasteiger partial charge is 0.343 e. The molecule has 0 aliphatic heterocycles. The van der Waals surface area contributed by atoms with E-state index in [9.17, 15) is 18.0 Å². The molecule has 0 aliphatic carbocycles. The van der Waals surface area contributed by atoms with E-state index in [1.165, 1.54) is 42.6 Å². The third-order valence-electron chi connectivity index (χ3n) is 6.55. The Morgan fingerprint density at radius 1 is 0.791 bits per heavy atom. The number of sulfonamides is 1. The van der Waals surface area contributed by atoms with Crippen LogP contribution < -0.4 is 19.6 Å². The lowest BCUT2D eigenvalue weighted by molar-refractivity contribution is 0.0734. The molecule has 9 nitrogen and oxygen atoms in total. The first-order chi connectivity index (χ1) is 20.7. The maximum atomic E-state index is 12.9.